The maximum atomic E-state index is 15.0. The van der Waals surface area contributed by atoms with E-state index in [1.54, 1.807) is 6.07 Å². The van der Waals surface area contributed by atoms with Crippen LogP contribution in [0.25, 0.3) is 22.3 Å². The second-order valence-corrected chi connectivity index (χ2v) is 5.41. The van der Waals surface area contributed by atoms with Gasteiger partial charge in [-0.2, -0.15) is 0 Å². The van der Waals surface area contributed by atoms with Crippen LogP contribution in [0.3, 0.4) is 0 Å². The topological polar surface area (TPSA) is 38.9 Å². The Labute approximate surface area is 136 Å². The van der Waals surface area contributed by atoms with Crippen molar-refractivity contribution in [2.45, 2.75) is 6.17 Å². The van der Waals surface area contributed by atoms with Crippen LogP contribution < -0.4 is 0 Å². The molecule has 0 saturated carbocycles. The summed E-state index contributed by atoms with van der Waals surface area (Å²) in [6.07, 6.45) is 2.67. The summed E-state index contributed by atoms with van der Waals surface area (Å²) in [5.74, 6) is -0.0316. The molecule has 2 aromatic heterocycles. The molecule has 3 nitrogen and oxygen atoms in total. The molecule has 4 aromatic rings. The van der Waals surface area contributed by atoms with Crippen LogP contribution >= 0.6 is 0 Å². The minimum atomic E-state index is -1.48. The number of furan rings is 1. The Balaban J connectivity index is 1.87. The highest BCUT2D eigenvalue weighted by molar-refractivity contribution is 5.83. The molecular weight excluding hydrogens is 310 g/mol. The molecule has 0 aliphatic heterocycles. The molecular formula is C19H12F2N2O. The molecule has 0 bridgehead atoms. The van der Waals surface area contributed by atoms with Gasteiger partial charge >= 0.3 is 0 Å². The first kappa shape index (κ1) is 14.5. The lowest BCUT2D eigenvalue weighted by atomic mass is 9.97. The molecule has 1 unspecified atom stereocenters. The van der Waals surface area contributed by atoms with Gasteiger partial charge < -0.3 is 4.42 Å². The van der Waals surface area contributed by atoms with Crippen LogP contribution in [0.4, 0.5) is 8.78 Å². The van der Waals surface area contributed by atoms with Crippen LogP contribution in [0.5, 0.6) is 0 Å². The Morgan fingerprint density at radius 2 is 1.75 bits per heavy atom. The first-order valence-electron chi connectivity index (χ1n) is 7.40. The fraction of sp³-hybridized carbons (Fsp3) is 0.0526. The summed E-state index contributed by atoms with van der Waals surface area (Å²) in [4.78, 5) is 7.67. The average molecular weight is 322 g/mol. The molecule has 0 fully saturated rings. The fourth-order valence-electron chi connectivity index (χ4n) is 2.70. The predicted molar refractivity (Wildman–Crippen MR) is 86.6 cm³/mol. The van der Waals surface area contributed by atoms with E-state index in [0.717, 1.165) is 5.39 Å². The Kier molecular flexibility index (Phi) is 3.54. The van der Waals surface area contributed by atoms with Crippen molar-refractivity contribution in [3.8, 4) is 11.3 Å². The zero-order chi connectivity index (χ0) is 16.5. The minimum Gasteiger partial charge on any atom is -0.456 e. The van der Waals surface area contributed by atoms with Crippen LogP contribution in [0.2, 0.25) is 0 Å². The van der Waals surface area contributed by atoms with Gasteiger partial charge in [-0.05, 0) is 24.3 Å². The maximum absolute atomic E-state index is 15.0. The van der Waals surface area contributed by atoms with E-state index in [4.69, 9.17) is 4.42 Å². The summed E-state index contributed by atoms with van der Waals surface area (Å²) < 4.78 is 34.5. The Morgan fingerprint density at radius 1 is 0.958 bits per heavy atom. The number of alkyl halides is 1. The molecule has 0 radical (unpaired) electrons. The van der Waals surface area contributed by atoms with Crippen LogP contribution in [0, 0.1) is 5.82 Å². The molecule has 118 valence electrons. The number of hydrogen-bond donors (Lipinski definition) is 0. The number of rotatable bonds is 3. The molecule has 1 atom stereocenters. The van der Waals surface area contributed by atoms with Gasteiger partial charge in [0, 0.05) is 34.5 Å². The third-order valence-electron chi connectivity index (χ3n) is 3.85. The SMILES string of the molecule is Fc1ccc(C(F)c2cncnc2)c(-c2cc3ccccc3o2)c1. The summed E-state index contributed by atoms with van der Waals surface area (Å²) in [6.45, 7) is 0. The molecule has 0 aliphatic carbocycles. The second-order valence-electron chi connectivity index (χ2n) is 5.41. The van der Waals surface area contributed by atoms with Gasteiger partial charge in [-0.25, -0.2) is 18.7 Å². The first-order chi connectivity index (χ1) is 11.7. The van der Waals surface area contributed by atoms with Crippen molar-refractivity contribution in [2.75, 3.05) is 0 Å². The van der Waals surface area contributed by atoms with Crippen LogP contribution in [-0.2, 0) is 0 Å². The summed E-state index contributed by atoms with van der Waals surface area (Å²) in [6, 6.07) is 13.2. The monoisotopic (exact) mass is 322 g/mol. The lowest BCUT2D eigenvalue weighted by Gasteiger charge is -2.12. The van der Waals surface area contributed by atoms with E-state index in [1.165, 1.54) is 36.9 Å². The molecule has 0 spiro atoms. The minimum absolute atomic E-state index is 0.307. The molecule has 0 saturated heterocycles. The van der Waals surface area contributed by atoms with Crippen molar-refractivity contribution in [3.63, 3.8) is 0 Å². The zero-order valence-corrected chi connectivity index (χ0v) is 12.5. The van der Waals surface area contributed by atoms with Gasteiger partial charge in [-0.1, -0.05) is 24.3 Å². The normalized spacial score (nSPS) is 12.4. The molecule has 5 heteroatoms. The van der Waals surface area contributed by atoms with Crippen molar-refractivity contribution in [1.29, 1.82) is 0 Å². The number of fused-ring (bicyclic) bond motifs is 1. The van der Waals surface area contributed by atoms with E-state index in [1.807, 2.05) is 24.3 Å². The van der Waals surface area contributed by atoms with Gasteiger partial charge in [-0.15, -0.1) is 0 Å². The molecule has 2 aromatic carbocycles. The summed E-state index contributed by atoms with van der Waals surface area (Å²) >= 11 is 0. The highest BCUT2D eigenvalue weighted by Gasteiger charge is 2.20. The summed E-state index contributed by atoms with van der Waals surface area (Å²) in [5.41, 5.74) is 1.66. The molecule has 0 aliphatic rings. The number of aromatic nitrogens is 2. The molecule has 0 amide bonds. The quantitative estimate of drug-likeness (QED) is 0.527. The molecule has 2 heterocycles. The maximum Gasteiger partial charge on any atom is 0.154 e. The highest BCUT2D eigenvalue weighted by atomic mass is 19.1. The zero-order valence-electron chi connectivity index (χ0n) is 12.5. The van der Waals surface area contributed by atoms with Gasteiger partial charge in [0.05, 0.1) is 0 Å². The third-order valence-corrected chi connectivity index (χ3v) is 3.85. The van der Waals surface area contributed by atoms with Crippen molar-refractivity contribution in [1.82, 2.24) is 9.97 Å². The largest absolute Gasteiger partial charge is 0.456 e. The van der Waals surface area contributed by atoms with E-state index < -0.39 is 12.0 Å². The number of para-hydroxylation sites is 1. The number of benzene rings is 2. The molecule has 24 heavy (non-hydrogen) atoms. The van der Waals surface area contributed by atoms with Crippen molar-refractivity contribution in [2.24, 2.45) is 0 Å². The number of nitrogens with zero attached hydrogens (tertiary/aromatic N) is 2. The molecule has 0 N–H and O–H groups in total. The van der Waals surface area contributed by atoms with E-state index in [-0.39, 0.29) is 0 Å². The van der Waals surface area contributed by atoms with Gasteiger partial charge in [0.15, 0.2) is 6.17 Å². The van der Waals surface area contributed by atoms with E-state index in [2.05, 4.69) is 9.97 Å². The first-order valence-corrected chi connectivity index (χ1v) is 7.40. The smallest absolute Gasteiger partial charge is 0.154 e. The lowest BCUT2D eigenvalue weighted by Crippen LogP contribution is -1.99. The van der Waals surface area contributed by atoms with Gasteiger partial charge in [0.2, 0.25) is 0 Å². The summed E-state index contributed by atoms with van der Waals surface area (Å²) in [7, 11) is 0. The fourth-order valence-corrected chi connectivity index (χ4v) is 2.70. The average Bonchev–Trinajstić information content (AvgIpc) is 3.06. The van der Waals surface area contributed by atoms with Crippen LogP contribution in [0.15, 0.2) is 71.7 Å². The van der Waals surface area contributed by atoms with E-state index in [0.29, 0.717) is 28.0 Å². The number of halogens is 2. The molecule has 4 rings (SSSR count). The van der Waals surface area contributed by atoms with E-state index in [9.17, 15) is 8.78 Å². The number of hydrogen-bond acceptors (Lipinski definition) is 3. The third kappa shape index (κ3) is 2.54. The Hall–Kier alpha value is -3.08. The highest BCUT2D eigenvalue weighted by Crippen LogP contribution is 2.36. The van der Waals surface area contributed by atoms with E-state index >= 15 is 0 Å². The summed E-state index contributed by atoms with van der Waals surface area (Å²) in [5, 5.41) is 0.876. The second kappa shape index (κ2) is 5.85. The van der Waals surface area contributed by atoms with Gasteiger partial charge in [-0.3, -0.25) is 0 Å². The van der Waals surface area contributed by atoms with Gasteiger partial charge in [0.1, 0.15) is 23.5 Å². The van der Waals surface area contributed by atoms with Crippen molar-refractivity contribution in [3.05, 3.63) is 84.2 Å². The Morgan fingerprint density at radius 3 is 2.54 bits per heavy atom. The predicted octanol–water partition coefficient (Wildman–Crippen LogP) is 5.09. The van der Waals surface area contributed by atoms with Crippen LogP contribution in [-0.4, -0.2) is 9.97 Å². The van der Waals surface area contributed by atoms with Crippen molar-refractivity contribution < 1.29 is 13.2 Å². The lowest BCUT2D eigenvalue weighted by molar-refractivity contribution is 0.399. The van der Waals surface area contributed by atoms with Crippen LogP contribution in [0.1, 0.15) is 17.3 Å². The van der Waals surface area contributed by atoms with Gasteiger partial charge in [0.25, 0.3) is 0 Å². The Bertz CT molecular complexity index is 966. The van der Waals surface area contributed by atoms with Crippen molar-refractivity contribution >= 4 is 11.0 Å². The standard InChI is InChI=1S/C19H12F2N2O/c20-14-5-6-15(19(21)13-9-22-11-23-10-13)16(8-14)18-7-12-3-1-2-4-17(12)24-18/h1-11,19H.